The molecule has 1 heterocycles. The van der Waals surface area contributed by atoms with Gasteiger partial charge in [0.1, 0.15) is 18.7 Å². The molecule has 0 saturated carbocycles. The molecule has 0 aliphatic rings. The predicted octanol–water partition coefficient (Wildman–Crippen LogP) is 1.62. The van der Waals surface area contributed by atoms with Gasteiger partial charge in [-0.15, -0.1) is 0 Å². The Bertz CT molecular complexity index is 512. The summed E-state index contributed by atoms with van der Waals surface area (Å²) >= 11 is 3.43. The molecule has 17 heavy (non-hydrogen) atoms. The van der Waals surface area contributed by atoms with Crippen molar-refractivity contribution < 1.29 is 4.74 Å². The summed E-state index contributed by atoms with van der Waals surface area (Å²) in [5.41, 5.74) is 6.64. The van der Waals surface area contributed by atoms with Crippen LogP contribution in [0.5, 0.6) is 5.75 Å². The topological polar surface area (TPSA) is 66.0 Å². The highest BCUT2D eigenvalue weighted by Gasteiger charge is 2.04. The van der Waals surface area contributed by atoms with E-state index in [4.69, 9.17) is 10.5 Å². The number of aromatic nitrogens is 3. The number of aryl methyl sites for hydroxylation is 1. The monoisotopic (exact) mass is 296 g/mol. The molecule has 0 fully saturated rings. The fourth-order valence-electron chi connectivity index (χ4n) is 1.40. The Labute approximate surface area is 108 Å². The van der Waals surface area contributed by atoms with Gasteiger partial charge >= 0.3 is 0 Å². The van der Waals surface area contributed by atoms with Crippen LogP contribution in [0.25, 0.3) is 0 Å². The Kier molecular flexibility index (Phi) is 3.75. The van der Waals surface area contributed by atoms with Crippen molar-refractivity contribution in [3.63, 3.8) is 0 Å². The predicted molar refractivity (Wildman–Crippen MR) is 67.4 cm³/mol. The van der Waals surface area contributed by atoms with Crippen LogP contribution in [0.3, 0.4) is 0 Å². The van der Waals surface area contributed by atoms with Gasteiger partial charge in [-0.3, -0.25) is 4.68 Å². The van der Waals surface area contributed by atoms with Gasteiger partial charge < -0.3 is 10.5 Å². The minimum Gasteiger partial charge on any atom is -0.486 e. The van der Waals surface area contributed by atoms with Crippen LogP contribution in [0.1, 0.15) is 11.4 Å². The Morgan fingerprint density at radius 2 is 2.29 bits per heavy atom. The van der Waals surface area contributed by atoms with Crippen molar-refractivity contribution in [2.75, 3.05) is 0 Å². The summed E-state index contributed by atoms with van der Waals surface area (Å²) in [5.74, 6) is 1.55. The smallest absolute Gasteiger partial charge is 0.164 e. The third kappa shape index (κ3) is 2.83. The van der Waals surface area contributed by atoms with Crippen LogP contribution in [-0.2, 0) is 20.2 Å². The number of hydrogen-bond acceptors (Lipinski definition) is 4. The van der Waals surface area contributed by atoms with Crippen LogP contribution in [0, 0.1) is 0 Å². The lowest BCUT2D eigenvalue weighted by Gasteiger charge is -2.08. The highest BCUT2D eigenvalue weighted by molar-refractivity contribution is 9.10. The molecule has 0 aliphatic carbocycles. The summed E-state index contributed by atoms with van der Waals surface area (Å²) in [6.07, 6.45) is 1.51. The molecule has 0 atom stereocenters. The summed E-state index contributed by atoms with van der Waals surface area (Å²) in [5, 5.41) is 3.97. The largest absolute Gasteiger partial charge is 0.486 e. The Morgan fingerprint density at radius 1 is 1.47 bits per heavy atom. The van der Waals surface area contributed by atoms with E-state index in [9.17, 15) is 0 Å². The van der Waals surface area contributed by atoms with Gasteiger partial charge in [-0.25, -0.2) is 4.98 Å². The van der Waals surface area contributed by atoms with Gasteiger partial charge in [0.25, 0.3) is 0 Å². The van der Waals surface area contributed by atoms with E-state index in [0.717, 1.165) is 21.6 Å². The maximum Gasteiger partial charge on any atom is 0.164 e. The van der Waals surface area contributed by atoms with Crippen molar-refractivity contribution in [3.05, 3.63) is 40.4 Å². The van der Waals surface area contributed by atoms with Crippen molar-refractivity contribution in [1.82, 2.24) is 14.8 Å². The maximum atomic E-state index is 5.63. The molecule has 0 radical (unpaired) electrons. The van der Waals surface area contributed by atoms with Gasteiger partial charge in [0, 0.05) is 18.1 Å². The molecule has 0 aliphatic heterocycles. The van der Waals surface area contributed by atoms with Gasteiger partial charge in [-0.2, -0.15) is 5.10 Å². The van der Waals surface area contributed by atoms with Crippen molar-refractivity contribution >= 4 is 15.9 Å². The first-order valence-electron chi connectivity index (χ1n) is 5.15. The lowest BCUT2D eigenvalue weighted by molar-refractivity contribution is 0.289. The first-order chi connectivity index (χ1) is 8.20. The summed E-state index contributed by atoms with van der Waals surface area (Å²) < 4.78 is 8.30. The van der Waals surface area contributed by atoms with Crippen molar-refractivity contribution in [3.8, 4) is 5.75 Å². The Morgan fingerprint density at radius 3 is 2.94 bits per heavy atom. The highest BCUT2D eigenvalue weighted by Crippen LogP contribution is 2.22. The van der Waals surface area contributed by atoms with Crippen molar-refractivity contribution in [2.24, 2.45) is 12.8 Å². The molecule has 1 aromatic carbocycles. The quantitative estimate of drug-likeness (QED) is 0.931. The van der Waals surface area contributed by atoms with E-state index < -0.39 is 0 Å². The number of hydrogen-bond donors (Lipinski definition) is 1. The van der Waals surface area contributed by atoms with E-state index in [1.54, 1.807) is 4.68 Å². The number of nitrogens with zero attached hydrogens (tertiary/aromatic N) is 3. The SMILES string of the molecule is Cn1ncnc1COc1ccc(Br)c(CN)c1. The standard InChI is InChI=1S/C11H13BrN4O/c1-16-11(14-7-15-16)6-17-9-2-3-10(12)8(4-9)5-13/h2-4,7H,5-6,13H2,1H3. The zero-order valence-corrected chi connectivity index (χ0v) is 11.0. The molecule has 2 rings (SSSR count). The average Bonchev–Trinajstić information content (AvgIpc) is 2.74. The summed E-state index contributed by atoms with van der Waals surface area (Å²) in [6, 6.07) is 5.73. The van der Waals surface area contributed by atoms with Gasteiger partial charge in [-0.05, 0) is 23.8 Å². The molecular weight excluding hydrogens is 284 g/mol. The van der Waals surface area contributed by atoms with E-state index in [-0.39, 0.29) is 0 Å². The number of ether oxygens (including phenoxy) is 1. The maximum absolute atomic E-state index is 5.63. The molecule has 0 saturated heterocycles. The Hall–Kier alpha value is -1.40. The van der Waals surface area contributed by atoms with Crippen molar-refractivity contribution in [1.29, 1.82) is 0 Å². The first kappa shape index (κ1) is 12.1. The average molecular weight is 297 g/mol. The fraction of sp³-hybridized carbons (Fsp3) is 0.273. The van der Waals surface area contributed by atoms with E-state index in [0.29, 0.717) is 13.2 Å². The van der Waals surface area contributed by atoms with E-state index in [2.05, 4.69) is 26.0 Å². The lowest BCUT2D eigenvalue weighted by Crippen LogP contribution is -2.05. The van der Waals surface area contributed by atoms with Crippen LogP contribution in [0.4, 0.5) is 0 Å². The first-order valence-corrected chi connectivity index (χ1v) is 5.94. The summed E-state index contributed by atoms with van der Waals surface area (Å²) in [4.78, 5) is 4.08. The molecule has 0 unspecified atom stereocenters. The fourth-order valence-corrected chi connectivity index (χ4v) is 1.80. The van der Waals surface area contributed by atoms with Crippen LogP contribution >= 0.6 is 15.9 Å². The van der Waals surface area contributed by atoms with Gasteiger partial charge in [0.05, 0.1) is 0 Å². The second-order valence-electron chi connectivity index (χ2n) is 3.55. The minimum atomic E-state index is 0.391. The third-order valence-electron chi connectivity index (χ3n) is 2.41. The van der Waals surface area contributed by atoms with Crippen LogP contribution in [0.15, 0.2) is 29.0 Å². The number of benzene rings is 1. The second kappa shape index (κ2) is 5.29. The van der Waals surface area contributed by atoms with E-state index >= 15 is 0 Å². The molecule has 2 N–H and O–H groups in total. The van der Waals surface area contributed by atoms with Crippen LogP contribution in [0.2, 0.25) is 0 Å². The number of halogens is 1. The lowest BCUT2D eigenvalue weighted by atomic mass is 10.2. The normalized spacial score (nSPS) is 10.5. The number of nitrogens with two attached hydrogens (primary N) is 1. The minimum absolute atomic E-state index is 0.391. The van der Waals surface area contributed by atoms with Gasteiger partial charge in [-0.1, -0.05) is 15.9 Å². The summed E-state index contributed by atoms with van der Waals surface area (Å²) in [7, 11) is 1.83. The molecular formula is C11H13BrN4O. The van der Waals surface area contributed by atoms with Gasteiger partial charge in [0.2, 0.25) is 0 Å². The number of rotatable bonds is 4. The van der Waals surface area contributed by atoms with E-state index in [1.165, 1.54) is 6.33 Å². The molecule has 6 heteroatoms. The van der Waals surface area contributed by atoms with Crippen LogP contribution < -0.4 is 10.5 Å². The van der Waals surface area contributed by atoms with E-state index in [1.807, 2.05) is 25.2 Å². The zero-order chi connectivity index (χ0) is 12.3. The molecule has 90 valence electrons. The molecule has 0 bridgehead atoms. The van der Waals surface area contributed by atoms with Crippen LogP contribution in [-0.4, -0.2) is 14.8 Å². The second-order valence-corrected chi connectivity index (χ2v) is 4.40. The summed E-state index contributed by atoms with van der Waals surface area (Å²) in [6.45, 7) is 0.865. The molecule has 1 aromatic heterocycles. The molecule has 0 spiro atoms. The molecule has 2 aromatic rings. The van der Waals surface area contributed by atoms with Crippen molar-refractivity contribution in [2.45, 2.75) is 13.2 Å². The highest BCUT2D eigenvalue weighted by atomic mass is 79.9. The van der Waals surface area contributed by atoms with Gasteiger partial charge in [0.15, 0.2) is 5.82 Å². The Balaban J connectivity index is 2.07. The zero-order valence-electron chi connectivity index (χ0n) is 9.43. The third-order valence-corrected chi connectivity index (χ3v) is 3.18. The molecule has 5 nitrogen and oxygen atoms in total. The molecule has 0 amide bonds.